The summed E-state index contributed by atoms with van der Waals surface area (Å²) in [5, 5.41) is 8.13. The van der Waals surface area contributed by atoms with Gasteiger partial charge in [0.2, 0.25) is 4.80 Å². The van der Waals surface area contributed by atoms with Crippen LogP contribution in [0, 0.1) is 11.8 Å². The summed E-state index contributed by atoms with van der Waals surface area (Å²) in [5.74, 6) is 0. The minimum absolute atomic E-state index is 0.636. The Hall–Kier alpha value is -1.75. The number of thiazole rings is 1. The van der Waals surface area contributed by atoms with E-state index in [-0.39, 0.29) is 0 Å². The molecule has 82 valence electrons. The molecule has 4 nitrogen and oxygen atoms in total. The van der Waals surface area contributed by atoms with Crippen LogP contribution in [-0.4, -0.2) is 4.57 Å². The molecule has 0 N–H and O–H groups in total. The maximum absolute atomic E-state index is 10.2. The standard InChI is InChI=1S/C11H11N3OS/c1-9-8-16-11(12-13-15)14(9)7-10-5-3-2-4-6-10/h2-6,8H,7H2,1H3/b12-11-. The molecule has 1 aromatic heterocycles. The minimum Gasteiger partial charge on any atom is -0.315 e. The topological polar surface area (TPSA) is 46.7 Å². The highest BCUT2D eigenvalue weighted by atomic mass is 32.1. The molecule has 0 radical (unpaired) electrons. The smallest absolute Gasteiger partial charge is 0.214 e. The number of hydrogen-bond donors (Lipinski definition) is 0. The Balaban J connectivity index is 2.38. The van der Waals surface area contributed by atoms with E-state index in [9.17, 15) is 4.91 Å². The predicted molar refractivity (Wildman–Crippen MR) is 63.9 cm³/mol. The van der Waals surface area contributed by atoms with Crippen molar-refractivity contribution in [2.45, 2.75) is 13.5 Å². The first kappa shape index (κ1) is 10.8. The van der Waals surface area contributed by atoms with Gasteiger partial charge in [0.25, 0.3) is 0 Å². The van der Waals surface area contributed by atoms with Crippen molar-refractivity contribution in [2.75, 3.05) is 0 Å². The van der Waals surface area contributed by atoms with Crippen LogP contribution in [0.2, 0.25) is 0 Å². The molecule has 0 amide bonds. The van der Waals surface area contributed by atoms with E-state index >= 15 is 0 Å². The summed E-state index contributed by atoms with van der Waals surface area (Å²) in [4.78, 5) is 10.8. The van der Waals surface area contributed by atoms with E-state index in [1.54, 1.807) is 0 Å². The molecule has 0 fully saturated rings. The fourth-order valence-corrected chi connectivity index (χ4v) is 2.31. The average Bonchev–Trinajstić information content (AvgIpc) is 2.64. The Bertz CT molecular complexity index is 542. The largest absolute Gasteiger partial charge is 0.315 e. The summed E-state index contributed by atoms with van der Waals surface area (Å²) >= 11 is 1.42. The van der Waals surface area contributed by atoms with Crippen molar-refractivity contribution < 1.29 is 0 Å². The first-order valence-electron chi connectivity index (χ1n) is 4.86. The number of aryl methyl sites for hydroxylation is 1. The Morgan fingerprint density at radius 2 is 2.06 bits per heavy atom. The Kier molecular flexibility index (Phi) is 3.26. The second-order valence-corrected chi connectivity index (χ2v) is 4.25. The van der Waals surface area contributed by atoms with Crippen LogP contribution in [0.5, 0.6) is 0 Å². The van der Waals surface area contributed by atoms with Crippen LogP contribution in [-0.2, 0) is 6.54 Å². The zero-order valence-electron chi connectivity index (χ0n) is 8.83. The van der Waals surface area contributed by atoms with E-state index in [1.807, 2.05) is 47.2 Å². The highest BCUT2D eigenvalue weighted by Crippen LogP contribution is 2.05. The van der Waals surface area contributed by atoms with E-state index in [1.165, 1.54) is 16.9 Å². The van der Waals surface area contributed by atoms with Gasteiger partial charge in [-0.15, -0.1) is 16.2 Å². The van der Waals surface area contributed by atoms with Crippen LogP contribution < -0.4 is 4.80 Å². The molecule has 0 aliphatic rings. The number of rotatable bonds is 3. The molecule has 0 aliphatic heterocycles. The van der Waals surface area contributed by atoms with Crippen LogP contribution in [0.4, 0.5) is 0 Å². The van der Waals surface area contributed by atoms with E-state index in [0.717, 1.165) is 5.69 Å². The third-order valence-corrected chi connectivity index (χ3v) is 3.27. The summed E-state index contributed by atoms with van der Waals surface area (Å²) in [6, 6.07) is 10.1. The van der Waals surface area contributed by atoms with Gasteiger partial charge in [-0.2, -0.15) is 0 Å². The summed E-state index contributed by atoms with van der Waals surface area (Å²) in [5.41, 5.74) is 2.26. The fourth-order valence-electron chi connectivity index (χ4n) is 1.49. The van der Waals surface area contributed by atoms with Crippen LogP contribution in [0.25, 0.3) is 0 Å². The highest BCUT2D eigenvalue weighted by molar-refractivity contribution is 7.07. The van der Waals surface area contributed by atoms with E-state index < -0.39 is 0 Å². The molecular weight excluding hydrogens is 222 g/mol. The molecule has 1 aromatic carbocycles. The number of nitroso groups, excluding NO2 is 1. The molecule has 0 spiro atoms. The SMILES string of the molecule is Cc1cs/c(=N\N=O)n1Cc1ccccc1. The molecule has 0 saturated carbocycles. The van der Waals surface area contributed by atoms with Gasteiger partial charge in [-0.1, -0.05) is 35.4 Å². The number of nitrogens with zero attached hydrogens (tertiary/aromatic N) is 3. The van der Waals surface area contributed by atoms with Gasteiger partial charge in [0.15, 0.2) is 0 Å². The van der Waals surface area contributed by atoms with Gasteiger partial charge in [-0.25, -0.2) is 0 Å². The first-order chi connectivity index (χ1) is 7.81. The summed E-state index contributed by atoms with van der Waals surface area (Å²) in [6.45, 7) is 2.70. The van der Waals surface area contributed by atoms with Gasteiger partial charge in [-0.3, -0.25) is 0 Å². The molecular formula is C11H11N3OS. The lowest BCUT2D eigenvalue weighted by Gasteiger charge is -2.04. The Morgan fingerprint density at radius 1 is 1.31 bits per heavy atom. The van der Waals surface area contributed by atoms with Crippen molar-refractivity contribution in [3.8, 4) is 0 Å². The molecule has 0 unspecified atom stereocenters. The monoisotopic (exact) mass is 233 g/mol. The second-order valence-electron chi connectivity index (χ2n) is 3.41. The maximum Gasteiger partial charge on any atom is 0.214 e. The van der Waals surface area contributed by atoms with Crippen LogP contribution in [0.3, 0.4) is 0 Å². The Morgan fingerprint density at radius 3 is 2.75 bits per heavy atom. The van der Waals surface area contributed by atoms with Gasteiger partial charge >= 0.3 is 0 Å². The molecule has 0 bridgehead atoms. The van der Waals surface area contributed by atoms with E-state index in [4.69, 9.17) is 0 Å². The third-order valence-electron chi connectivity index (χ3n) is 2.30. The second kappa shape index (κ2) is 4.85. The lowest BCUT2D eigenvalue weighted by Crippen LogP contribution is -2.16. The number of benzene rings is 1. The van der Waals surface area contributed by atoms with Gasteiger partial charge in [0.1, 0.15) is 0 Å². The molecule has 0 atom stereocenters. The molecule has 1 heterocycles. The van der Waals surface area contributed by atoms with E-state index in [2.05, 4.69) is 10.4 Å². The highest BCUT2D eigenvalue weighted by Gasteiger charge is 2.02. The molecule has 0 aliphatic carbocycles. The van der Waals surface area contributed by atoms with E-state index in [0.29, 0.717) is 11.3 Å². The summed E-state index contributed by atoms with van der Waals surface area (Å²) in [7, 11) is 0. The summed E-state index contributed by atoms with van der Waals surface area (Å²) in [6.07, 6.45) is 0. The molecule has 2 aromatic rings. The van der Waals surface area contributed by atoms with Gasteiger partial charge in [0, 0.05) is 11.1 Å². The fraction of sp³-hybridized carbons (Fsp3) is 0.182. The Labute approximate surface area is 96.8 Å². The average molecular weight is 233 g/mol. The lowest BCUT2D eigenvalue weighted by atomic mass is 10.2. The van der Waals surface area contributed by atoms with Crippen molar-refractivity contribution in [3.05, 3.63) is 56.7 Å². The normalized spacial score (nSPS) is 11.7. The third kappa shape index (κ3) is 2.25. The lowest BCUT2D eigenvalue weighted by molar-refractivity contribution is 0.733. The van der Waals surface area contributed by atoms with Crippen molar-refractivity contribution in [3.63, 3.8) is 0 Å². The van der Waals surface area contributed by atoms with Crippen molar-refractivity contribution in [1.82, 2.24) is 4.57 Å². The quantitative estimate of drug-likeness (QED) is 0.593. The van der Waals surface area contributed by atoms with Crippen LogP contribution in [0.1, 0.15) is 11.3 Å². The molecule has 5 heteroatoms. The molecule has 16 heavy (non-hydrogen) atoms. The zero-order chi connectivity index (χ0) is 11.4. The van der Waals surface area contributed by atoms with Crippen molar-refractivity contribution >= 4 is 11.3 Å². The van der Waals surface area contributed by atoms with Gasteiger partial charge < -0.3 is 4.57 Å². The zero-order valence-corrected chi connectivity index (χ0v) is 9.65. The van der Waals surface area contributed by atoms with Crippen molar-refractivity contribution in [1.29, 1.82) is 0 Å². The molecule has 0 saturated heterocycles. The van der Waals surface area contributed by atoms with Gasteiger partial charge in [-0.05, 0) is 12.5 Å². The van der Waals surface area contributed by atoms with Crippen LogP contribution >= 0.6 is 11.3 Å². The van der Waals surface area contributed by atoms with Crippen LogP contribution in [0.15, 0.2) is 46.1 Å². The maximum atomic E-state index is 10.2. The number of aromatic nitrogens is 1. The van der Waals surface area contributed by atoms with Crippen molar-refractivity contribution in [2.24, 2.45) is 10.4 Å². The predicted octanol–water partition coefficient (Wildman–Crippen LogP) is 2.49. The minimum atomic E-state index is 0.636. The molecule has 2 rings (SSSR count). The van der Waals surface area contributed by atoms with Gasteiger partial charge in [0.05, 0.1) is 11.8 Å². The first-order valence-corrected chi connectivity index (χ1v) is 5.74. The summed E-state index contributed by atoms with van der Waals surface area (Å²) < 4.78 is 1.97. The number of hydrogen-bond acceptors (Lipinski definition) is 3.